The van der Waals surface area contributed by atoms with Gasteiger partial charge >= 0.3 is 0 Å². The van der Waals surface area contributed by atoms with Gasteiger partial charge in [0.15, 0.2) is 0 Å². The molecule has 1 saturated heterocycles. The molecule has 1 spiro atoms. The summed E-state index contributed by atoms with van der Waals surface area (Å²) in [5.41, 5.74) is 3.17. The van der Waals surface area contributed by atoms with Crippen LogP contribution >= 0.6 is 11.6 Å². The lowest BCUT2D eigenvalue weighted by molar-refractivity contribution is 0.0656. The van der Waals surface area contributed by atoms with Crippen molar-refractivity contribution in [2.24, 2.45) is 5.41 Å². The van der Waals surface area contributed by atoms with E-state index < -0.39 is 0 Å². The second kappa shape index (κ2) is 4.51. The van der Waals surface area contributed by atoms with E-state index in [0.29, 0.717) is 10.4 Å². The summed E-state index contributed by atoms with van der Waals surface area (Å²) in [5, 5.41) is 1.62. The molecule has 2 aliphatic rings. The molecule has 0 unspecified atom stereocenters. The van der Waals surface area contributed by atoms with E-state index in [-0.39, 0.29) is 5.91 Å². The third kappa shape index (κ3) is 2.15. The highest BCUT2D eigenvalue weighted by atomic mass is 35.5. The van der Waals surface area contributed by atoms with Gasteiger partial charge in [0.2, 0.25) is 0 Å². The molecule has 0 bridgehead atoms. The van der Waals surface area contributed by atoms with Crippen molar-refractivity contribution in [2.45, 2.75) is 32.6 Å². The Morgan fingerprint density at radius 3 is 2.90 bits per heavy atom. The number of carbonyl (C=O) groups excluding carboxylic acids is 1. The number of nitrogens with one attached hydrogen (secondary N) is 1. The Balaban J connectivity index is 1.73. The minimum atomic E-state index is 0.159. The van der Waals surface area contributed by atoms with Crippen LogP contribution in [0.1, 0.15) is 41.7 Å². The minimum Gasteiger partial charge on any atom is -0.358 e. The molecule has 1 amide bonds. The van der Waals surface area contributed by atoms with Gasteiger partial charge in [0.1, 0.15) is 0 Å². The Labute approximate surface area is 129 Å². The predicted octanol–water partition coefficient (Wildman–Crippen LogP) is 4.15. The zero-order valence-corrected chi connectivity index (χ0v) is 13.0. The first-order valence-corrected chi connectivity index (χ1v) is 8.03. The van der Waals surface area contributed by atoms with E-state index in [4.69, 9.17) is 11.6 Å². The van der Waals surface area contributed by atoms with Gasteiger partial charge in [-0.25, -0.2) is 0 Å². The maximum Gasteiger partial charge on any atom is 0.256 e. The van der Waals surface area contributed by atoms with Crippen LogP contribution in [0.15, 0.2) is 18.2 Å². The molecule has 2 fully saturated rings. The Hall–Kier alpha value is -1.48. The van der Waals surface area contributed by atoms with Crippen LogP contribution in [0.2, 0.25) is 5.02 Å². The average Bonchev–Trinajstić information content (AvgIpc) is 3.11. The first-order chi connectivity index (χ1) is 10.1. The van der Waals surface area contributed by atoms with Crippen molar-refractivity contribution in [2.75, 3.05) is 13.1 Å². The number of rotatable bonds is 1. The van der Waals surface area contributed by atoms with E-state index in [0.717, 1.165) is 41.7 Å². The van der Waals surface area contributed by atoms with E-state index in [9.17, 15) is 4.79 Å². The van der Waals surface area contributed by atoms with Gasteiger partial charge in [-0.3, -0.25) is 4.79 Å². The number of benzene rings is 1. The first-order valence-electron chi connectivity index (χ1n) is 7.65. The van der Waals surface area contributed by atoms with Crippen molar-refractivity contribution < 1.29 is 4.79 Å². The number of likely N-dealkylation sites (tertiary alicyclic amines) is 1. The smallest absolute Gasteiger partial charge is 0.256 e. The molecule has 1 aromatic heterocycles. The van der Waals surface area contributed by atoms with Crippen LogP contribution in [0, 0.1) is 12.3 Å². The lowest BCUT2D eigenvalue weighted by Crippen LogP contribution is -2.40. The van der Waals surface area contributed by atoms with E-state index >= 15 is 0 Å². The maximum atomic E-state index is 13.0. The predicted molar refractivity (Wildman–Crippen MR) is 84.9 cm³/mol. The second-order valence-electron chi connectivity index (χ2n) is 6.65. The van der Waals surface area contributed by atoms with Crippen LogP contribution < -0.4 is 0 Å². The van der Waals surface area contributed by atoms with Crippen LogP contribution in [-0.4, -0.2) is 28.9 Å². The molecule has 0 atom stereocenters. The Morgan fingerprint density at radius 1 is 1.33 bits per heavy atom. The van der Waals surface area contributed by atoms with E-state index in [1.165, 1.54) is 19.3 Å². The summed E-state index contributed by atoms with van der Waals surface area (Å²) in [6.45, 7) is 3.78. The highest BCUT2D eigenvalue weighted by Gasteiger charge is 2.46. The molecule has 2 aromatic rings. The summed E-state index contributed by atoms with van der Waals surface area (Å²) in [5.74, 6) is 0.159. The van der Waals surface area contributed by atoms with Crippen molar-refractivity contribution in [1.82, 2.24) is 9.88 Å². The summed E-state index contributed by atoms with van der Waals surface area (Å²) in [7, 11) is 0. The molecule has 1 saturated carbocycles. The molecule has 1 aliphatic carbocycles. The molecule has 4 rings (SSSR count). The van der Waals surface area contributed by atoms with Crippen molar-refractivity contribution in [3.05, 3.63) is 34.5 Å². The zero-order valence-electron chi connectivity index (χ0n) is 12.2. The summed E-state index contributed by atoms with van der Waals surface area (Å²) in [6.07, 6.45) is 4.99. The number of aryl methyl sites for hydroxylation is 1. The molecule has 2 heterocycles. The lowest BCUT2D eigenvalue weighted by atomic mass is 9.94. The van der Waals surface area contributed by atoms with Crippen molar-refractivity contribution in [1.29, 1.82) is 0 Å². The number of halogens is 1. The van der Waals surface area contributed by atoms with Crippen molar-refractivity contribution >= 4 is 28.4 Å². The van der Waals surface area contributed by atoms with E-state index in [1.54, 1.807) is 0 Å². The van der Waals surface area contributed by atoms with Crippen molar-refractivity contribution in [3.63, 3.8) is 0 Å². The van der Waals surface area contributed by atoms with Crippen LogP contribution in [0.4, 0.5) is 0 Å². The summed E-state index contributed by atoms with van der Waals surface area (Å²) >= 11 is 6.11. The van der Waals surface area contributed by atoms with Gasteiger partial charge in [-0.05, 0) is 56.2 Å². The zero-order chi connectivity index (χ0) is 14.6. The molecular weight excluding hydrogens is 284 g/mol. The van der Waals surface area contributed by atoms with E-state index in [2.05, 4.69) is 4.98 Å². The number of H-pyrrole nitrogens is 1. The quantitative estimate of drug-likeness (QED) is 0.844. The molecule has 21 heavy (non-hydrogen) atoms. The summed E-state index contributed by atoms with van der Waals surface area (Å²) in [6, 6.07) is 5.69. The van der Waals surface area contributed by atoms with Crippen LogP contribution in [0.5, 0.6) is 0 Å². The summed E-state index contributed by atoms with van der Waals surface area (Å²) < 4.78 is 0. The number of amides is 1. The molecule has 1 aromatic carbocycles. The Morgan fingerprint density at radius 2 is 2.14 bits per heavy atom. The normalized spacial score (nSPS) is 20.2. The lowest BCUT2D eigenvalue weighted by Gasteiger charge is -2.33. The van der Waals surface area contributed by atoms with Gasteiger partial charge in [-0.15, -0.1) is 0 Å². The van der Waals surface area contributed by atoms with Crippen molar-refractivity contribution in [3.8, 4) is 0 Å². The third-order valence-corrected chi connectivity index (χ3v) is 5.30. The topological polar surface area (TPSA) is 36.1 Å². The fourth-order valence-electron chi connectivity index (χ4n) is 3.70. The number of aromatic nitrogens is 1. The van der Waals surface area contributed by atoms with Gasteiger partial charge in [0, 0.05) is 34.7 Å². The molecule has 1 N–H and O–H groups in total. The Kier molecular flexibility index (Phi) is 2.83. The average molecular weight is 303 g/mol. The number of carbonyl (C=O) groups is 1. The SMILES string of the molecule is Cc1[nH]c2ccc(Cl)cc2c1C(=O)N1CCCC2(CC2)C1. The number of hydrogen-bond acceptors (Lipinski definition) is 1. The highest BCUT2D eigenvalue weighted by molar-refractivity contribution is 6.31. The summed E-state index contributed by atoms with van der Waals surface area (Å²) in [4.78, 5) is 18.3. The van der Waals surface area contributed by atoms with Gasteiger partial charge in [-0.1, -0.05) is 11.6 Å². The largest absolute Gasteiger partial charge is 0.358 e. The molecule has 4 heteroatoms. The standard InChI is InChI=1S/C17H19ClN2O/c1-11-15(13-9-12(18)3-4-14(13)19-11)16(21)20-8-2-5-17(10-20)6-7-17/h3-4,9,19H,2,5-8,10H2,1H3. The highest BCUT2D eigenvalue weighted by Crippen LogP contribution is 2.52. The molecule has 1 aliphatic heterocycles. The maximum absolute atomic E-state index is 13.0. The van der Waals surface area contributed by atoms with Crippen LogP contribution in [0.3, 0.4) is 0 Å². The van der Waals surface area contributed by atoms with Gasteiger partial charge in [0.05, 0.1) is 5.56 Å². The van der Waals surface area contributed by atoms with Gasteiger partial charge in [0.25, 0.3) is 5.91 Å². The minimum absolute atomic E-state index is 0.159. The number of aromatic amines is 1. The number of fused-ring (bicyclic) bond motifs is 1. The third-order valence-electron chi connectivity index (χ3n) is 5.07. The molecule has 0 radical (unpaired) electrons. The molecule has 3 nitrogen and oxygen atoms in total. The first kappa shape index (κ1) is 13.2. The molecule has 110 valence electrons. The van der Waals surface area contributed by atoms with Gasteiger partial charge in [-0.2, -0.15) is 0 Å². The van der Waals surface area contributed by atoms with Crippen LogP contribution in [-0.2, 0) is 0 Å². The number of hydrogen-bond donors (Lipinski definition) is 1. The van der Waals surface area contributed by atoms with Crippen LogP contribution in [0.25, 0.3) is 10.9 Å². The Bertz CT molecular complexity index is 730. The fourth-order valence-corrected chi connectivity index (χ4v) is 3.87. The van der Waals surface area contributed by atoms with E-state index in [1.807, 2.05) is 30.0 Å². The number of piperidine rings is 1. The number of nitrogens with zero attached hydrogens (tertiary/aromatic N) is 1. The fraction of sp³-hybridized carbons (Fsp3) is 0.471. The second-order valence-corrected chi connectivity index (χ2v) is 7.08. The monoisotopic (exact) mass is 302 g/mol. The van der Waals surface area contributed by atoms with Gasteiger partial charge < -0.3 is 9.88 Å². The molecular formula is C17H19ClN2O.